The van der Waals surface area contributed by atoms with Crippen molar-refractivity contribution in [1.82, 2.24) is 52.6 Å². The maximum absolute atomic E-state index is 14.2. The third-order valence-electron chi connectivity index (χ3n) is 21.6. The highest BCUT2D eigenvalue weighted by atomic mass is 32.2. The minimum atomic E-state index is -3.17. The van der Waals surface area contributed by atoms with Crippen molar-refractivity contribution in [2.45, 2.75) is 108 Å². The molecule has 508 valence electrons. The quantitative estimate of drug-likeness (QED) is 0.116. The van der Waals surface area contributed by atoms with Gasteiger partial charge in [-0.05, 0) is 95.9 Å². The fourth-order valence-corrected chi connectivity index (χ4v) is 18.7. The van der Waals surface area contributed by atoms with Crippen molar-refractivity contribution in [3.8, 4) is 0 Å². The van der Waals surface area contributed by atoms with E-state index in [4.69, 9.17) is 15.0 Å². The standard InChI is InChI=1S/C23H32N6O3S.C21H27F2N5O2S.C21H30N6O2S/c1-17(30)27-12-8-23(15-27)9-13-28(16-23)20-5-3-4-18-14-24-22(26-21(18)20)25-19-6-10-29(11-7-19)33(2,31)32;1-31(29,30)28-10-5-16(6-11-28)25-19-24-13-15-3-2-4-17(18(15)26-19)27-12-9-20(14-27)7-8-21(20,22)23;1-25-13-21(14-25)8-11-26(15-21)18-5-3-4-16-12-22-20(24-19(16)18)23-17-6-9-27(10-7-17)30(2,28)29/h3-5,14,19H,6-13,15-16H2,1-2H3,(H,24,25,26);2-4,13,16H,5-12,14H2,1H3,(H,24,25,26);3-5,12,17H,6-11,13-15H2,1-2H3,(H,22,23,24). The number of halogens is 2. The molecule has 2 unspecified atom stereocenters. The van der Waals surface area contributed by atoms with Crippen molar-refractivity contribution >= 4 is 104 Å². The largest absolute Gasteiger partial charge is 0.369 e. The van der Waals surface area contributed by atoms with Crippen LogP contribution in [0.3, 0.4) is 0 Å². The summed E-state index contributed by atoms with van der Waals surface area (Å²) < 4.78 is 103. The predicted molar refractivity (Wildman–Crippen MR) is 364 cm³/mol. The van der Waals surface area contributed by atoms with Gasteiger partial charge in [0.15, 0.2) is 0 Å². The summed E-state index contributed by atoms with van der Waals surface area (Å²) in [6.45, 7) is 13.8. The van der Waals surface area contributed by atoms with E-state index in [9.17, 15) is 38.8 Å². The molecule has 0 bridgehead atoms. The van der Waals surface area contributed by atoms with Gasteiger partial charge in [-0.3, -0.25) is 4.79 Å². The number of hydrogen-bond donors (Lipinski definition) is 3. The maximum atomic E-state index is 14.2. The number of nitrogens with one attached hydrogen (secondary N) is 3. The molecule has 29 heteroatoms. The smallest absolute Gasteiger partial charge is 0.255 e. The third-order valence-corrected chi connectivity index (χ3v) is 25.5. The van der Waals surface area contributed by atoms with Gasteiger partial charge in [-0.1, -0.05) is 36.4 Å². The van der Waals surface area contributed by atoms with Gasteiger partial charge in [-0.15, -0.1) is 0 Å². The maximum Gasteiger partial charge on any atom is 0.255 e. The first kappa shape index (κ1) is 66.1. The van der Waals surface area contributed by atoms with Gasteiger partial charge in [-0.25, -0.2) is 76.9 Å². The first-order valence-corrected chi connectivity index (χ1v) is 38.7. The highest BCUT2D eigenvalue weighted by molar-refractivity contribution is 7.88. The lowest BCUT2D eigenvalue weighted by atomic mass is 9.64. The Labute approximate surface area is 550 Å². The lowest BCUT2D eigenvalue weighted by Gasteiger charge is -2.46. The predicted octanol–water partition coefficient (Wildman–Crippen LogP) is 6.61. The minimum Gasteiger partial charge on any atom is -0.369 e. The highest BCUT2D eigenvalue weighted by Crippen LogP contribution is 2.59. The Morgan fingerprint density at radius 1 is 0.457 bits per heavy atom. The zero-order chi connectivity index (χ0) is 66.0. The van der Waals surface area contributed by atoms with Gasteiger partial charge in [0.2, 0.25) is 53.8 Å². The number of likely N-dealkylation sites (tertiary alicyclic amines) is 2. The number of hydrogen-bond acceptors (Lipinski definition) is 20. The Morgan fingerprint density at radius 2 is 0.819 bits per heavy atom. The molecule has 3 spiro atoms. The first-order chi connectivity index (χ1) is 44.7. The highest BCUT2D eigenvalue weighted by Gasteiger charge is 2.64. The van der Waals surface area contributed by atoms with Crippen LogP contribution in [-0.4, -0.2) is 238 Å². The molecule has 94 heavy (non-hydrogen) atoms. The second-order valence-corrected chi connectivity index (χ2v) is 34.3. The van der Waals surface area contributed by atoms with Gasteiger partial charge in [0.05, 0.1) is 57.8 Å². The molecule has 1 amide bonds. The van der Waals surface area contributed by atoms with E-state index in [0.29, 0.717) is 101 Å². The van der Waals surface area contributed by atoms with Crippen LogP contribution in [0, 0.1) is 16.2 Å². The second-order valence-electron chi connectivity index (χ2n) is 28.3. The van der Waals surface area contributed by atoms with Crippen molar-refractivity contribution in [3.05, 3.63) is 73.2 Å². The van der Waals surface area contributed by atoms with E-state index < -0.39 is 41.4 Å². The van der Waals surface area contributed by atoms with Crippen LogP contribution in [0.2, 0.25) is 0 Å². The molecule has 1 saturated carbocycles. The van der Waals surface area contributed by atoms with Crippen molar-refractivity contribution in [2.75, 3.05) is 161 Å². The molecule has 24 nitrogen and oxygen atoms in total. The Morgan fingerprint density at radius 3 is 1.15 bits per heavy atom. The van der Waals surface area contributed by atoms with E-state index in [1.165, 1.54) is 52.6 Å². The molecule has 0 radical (unpaired) electrons. The molecular weight excluding hydrogens is 1270 g/mol. The summed E-state index contributed by atoms with van der Waals surface area (Å²) in [6, 6.07) is 18.8. The molecular formula is C65H89F2N17O7S3. The van der Waals surface area contributed by atoms with Crippen molar-refractivity contribution in [2.24, 2.45) is 16.2 Å². The third kappa shape index (κ3) is 14.0. The molecule has 9 aliphatic rings. The molecule has 9 fully saturated rings. The van der Waals surface area contributed by atoms with Gasteiger partial charge < -0.3 is 40.4 Å². The molecule has 3 N–H and O–H groups in total. The average molecular weight is 1350 g/mol. The van der Waals surface area contributed by atoms with Crippen molar-refractivity contribution in [1.29, 1.82) is 0 Å². The number of carbonyl (C=O) groups is 1. The summed E-state index contributed by atoms with van der Waals surface area (Å²) in [5.41, 5.74) is 5.59. The Hall–Kier alpha value is -6.50. The van der Waals surface area contributed by atoms with E-state index in [-0.39, 0.29) is 35.9 Å². The Bertz CT molecular complexity index is 4150. The number of sulfonamides is 3. The van der Waals surface area contributed by atoms with E-state index in [2.05, 4.69) is 83.0 Å². The second kappa shape index (κ2) is 25.8. The van der Waals surface area contributed by atoms with Crippen LogP contribution in [0.1, 0.15) is 84.0 Å². The van der Waals surface area contributed by atoms with E-state index in [1.54, 1.807) is 17.4 Å². The number of anilines is 6. The number of fused-ring (bicyclic) bond motifs is 3. The number of aromatic nitrogens is 6. The van der Waals surface area contributed by atoms with Crippen molar-refractivity contribution < 1.29 is 38.8 Å². The van der Waals surface area contributed by atoms with E-state index in [1.807, 2.05) is 46.5 Å². The molecule has 6 aromatic rings. The number of piperidine rings is 3. The number of amides is 1. The zero-order valence-electron chi connectivity index (χ0n) is 54.6. The molecule has 3 aromatic carbocycles. The number of nitrogens with zero attached hydrogens (tertiary/aromatic N) is 14. The summed E-state index contributed by atoms with van der Waals surface area (Å²) in [5.74, 6) is -0.702. The SMILES string of the molecule is CC(=O)N1CCC2(CCN(c3cccc4cnc(NC5CCN(S(C)(=O)=O)CC5)nc34)C2)C1.CN1CC2(CCN(c3cccc4cnc(NC5CCN(S(C)(=O)=O)CC5)nc34)C2)C1.CS(=O)(=O)N1CCC(Nc2ncc3cccc(N4CCC5(CCC5(F)F)C4)c3n2)CC1. The number of alkyl halides is 2. The van der Waals surface area contributed by atoms with Gasteiger partial charge >= 0.3 is 0 Å². The van der Waals surface area contributed by atoms with Crippen LogP contribution in [-0.2, 0) is 34.9 Å². The zero-order valence-corrected chi connectivity index (χ0v) is 57.0. The molecule has 15 rings (SSSR count). The van der Waals surface area contributed by atoms with Crippen LogP contribution in [0.4, 0.5) is 43.7 Å². The Balaban J connectivity index is 0.000000128. The van der Waals surface area contributed by atoms with Crippen LogP contribution in [0.5, 0.6) is 0 Å². The van der Waals surface area contributed by atoms with Gasteiger partial charge in [0, 0.05) is 182 Å². The van der Waals surface area contributed by atoms with E-state index >= 15 is 0 Å². The monoisotopic (exact) mass is 1350 g/mol. The summed E-state index contributed by atoms with van der Waals surface area (Å²) in [5, 5.41) is 13.1. The van der Waals surface area contributed by atoms with E-state index in [0.717, 1.165) is 122 Å². The molecule has 1 aliphatic carbocycles. The van der Waals surface area contributed by atoms with Gasteiger partial charge in [0.25, 0.3) is 5.92 Å². The minimum absolute atomic E-state index is 0.00916. The van der Waals surface area contributed by atoms with Crippen LogP contribution in [0.25, 0.3) is 32.7 Å². The normalized spacial score (nSPS) is 25.0. The van der Waals surface area contributed by atoms with Gasteiger partial charge in [-0.2, -0.15) is 0 Å². The summed E-state index contributed by atoms with van der Waals surface area (Å²) in [7, 11) is -7.22. The van der Waals surface area contributed by atoms with Gasteiger partial charge in [0.1, 0.15) is 0 Å². The average Bonchev–Trinajstić information content (AvgIpc) is 1.49. The number of carbonyl (C=O) groups excluding carboxylic acids is 1. The lowest BCUT2D eigenvalue weighted by Crippen LogP contribution is -2.55. The summed E-state index contributed by atoms with van der Waals surface area (Å²) >= 11 is 0. The van der Waals surface area contributed by atoms with Crippen LogP contribution in [0.15, 0.2) is 73.2 Å². The van der Waals surface area contributed by atoms with Crippen LogP contribution >= 0.6 is 0 Å². The molecule has 8 saturated heterocycles. The fourth-order valence-electron chi connectivity index (χ4n) is 16.1. The van der Waals surface area contributed by atoms with Crippen LogP contribution < -0.4 is 30.7 Å². The summed E-state index contributed by atoms with van der Waals surface area (Å²) in [4.78, 5) is 51.1. The van der Waals surface area contributed by atoms with Crippen molar-refractivity contribution in [3.63, 3.8) is 0 Å². The molecule has 11 heterocycles. The lowest BCUT2D eigenvalue weighted by molar-refractivity contribution is -0.190. The summed E-state index contributed by atoms with van der Waals surface area (Å²) in [6.07, 6.45) is 18.1. The Kier molecular flexibility index (Phi) is 18.2. The molecule has 3 aromatic heterocycles. The first-order valence-electron chi connectivity index (χ1n) is 33.2. The molecule has 8 aliphatic heterocycles. The number of rotatable bonds is 12. The topological polar surface area (TPSA) is 259 Å². The molecule has 2 atom stereocenters. The fraction of sp³-hybridized carbons (Fsp3) is 0.615. The number of para-hydroxylation sites is 3. The number of benzene rings is 3.